The van der Waals surface area contributed by atoms with Gasteiger partial charge in [-0.05, 0) is 25.2 Å². The van der Waals surface area contributed by atoms with Gasteiger partial charge >= 0.3 is 5.97 Å². The summed E-state index contributed by atoms with van der Waals surface area (Å²) in [5.41, 5.74) is 0. The van der Waals surface area contributed by atoms with Gasteiger partial charge in [0.25, 0.3) is 0 Å². The Bertz CT molecular complexity index is 519. The number of nitrogens with zero attached hydrogens (tertiary/aromatic N) is 2. The van der Waals surface area contributed by atoms with Crippen molar-refractivity contribution in [2.24, 2.45) is 5.92 Å². The molecule has 0 radical (unpaired) electrons. The van der Waals surface area contributed by atoms with Crippen molar-refractivity contribution in [3.63, 3.8) is 0 Å². The van der Waals surface area contributed by atoms with Crippen LogP contribution in [0.25, 0.3) is 0 Å². The maximum absolute atomic E-state index is 12.2. The van der Waals surface area contributed by atoms with Crippen molar-refractivity contribution in [1.29, 1.82) is 0 Å². The molecule has 8 heteroatoms. The van der Waals surface area contributed by atoms with Gasteiger partial charge in [0.1, 0.15) is 6.04 Å². The predicted molar refractivity (Wildman–Crippen MR) is 76.1 cm³/mol. The first-order valence-electron chi connectivity index (χ1n) is 7.31. The molecule has 0 aromatic rings. The third-order valence-corrected chi connectivity index (χ3v) is 6.20. The molecule has 7 nitrogen and oxygen atoms in total. The van der Waals surface area contributed by atoms with Crippen LogP contribution in [0, 0.1) is 5.92 Å². The van der Waals surface area contributed by atoms with Crippen molar-refractivity contribution in [1.82, 2.24) is 9.21 Å². The number of sulfonamides is 1. The van der Waals surface area contributed by atoms with Crippen molar-refractivity contribution in [3.8, 4) is 0 Å². The molecule has 2 fully saturated rings. The highest BCUT2D eigenvalue weighted by Crippen LogP contribution is 2.24. The molecule has 0 spiro atoms. The summed E-state index contributed by atoms with van der Waals surface area (Å²) in [6.45, 7) is 3.02. The lowest BCUT2D eigenvalue weighted by Gasteiger charge is -2.36. The van der Waals surface area contributed by atoms with Gasteiger partial charge in [-0.15, -0.1) is 0 Å². The smallest absolute Gasteiger partial charge is 0.326 e. The fourth-order valence-corrected chi connectivity index (χ4v) is 4.51. The number of carbonyl (C=O) groups is 2. The molecule has 0 aromatic heterocycles. The van der Waals surface area contributed by atoms with Gasteiger partial charge in [0.2, 0.25) is 15.9 Å². The summed E-state index contributed by atoms with van der Waals surface area (Å²) in [6, 6.07) is -0.781. The van der Waals surface area contributed by atoms with Gasteiger partial charge < -0.3 is 10.0 Å². The highest BCUT2D eigenvalue weighted by atomic mass is 32.2. The number of carboxylic acids is 1. The Morgan fingerprint density at radius 1 is 1.29 bits per heavy atom. The Morgan fingerprint density at radius 2 is 2.00 bits per heavy atom. The third-order valence-electron chi connectivity index (χ3n) is 4.25. The monoisotopic (exact) mass is 318 g/mol. The zero-order chi connectivity index (χ0) is 15.6. The van der Waals surface area contributed by atoms with Gasteiger partial charge in [-0.2, -0.15) is 0 Å². The van der Waals surface area contributed by atoms with E-state index in [1.54, 1.807) is 0 Å². The zero-order valence-corrected chi connectivity index (χ0v) is 13.0. The van der Waals surface area contributed by atoms with Crippen LogP contribution in [-0.4, -0.2) is 66.0 Å². The number of hydrogen-bond donors (Lipinski definition) is 1. The van der Waals surface area contributed by atoms with Crippen molar-refractivity contribution >= 4 is 21.9 Å². The van der Waals surface area contributed by atoms with E-state index in [0.29, 0.717) is 25.9 Å². The number of aliphatic carboxylic acids is 1. The molecule has 120 valence electrons. The normalized spacial score (nSPS) is 29.5. The molecule has 0 bridgehead atoms. The van der Waals surface area contributed by atoms with Crippen molar-refractivity contribution in [2.75, 3.05) is 25.4 Å². The molecule has 0 aliphatic carbocycles. The molecule has 2 aliphatic rings. The number of rotatable bonds is 4. The average Bonchev–Trinajstić information content (AvgIpc) is 2.74. The molecule has 1 amide bonds. The number of hydrogen-bond acceptors (Lipinski definition) is 4. The van der Waals surface area contributed by atoms with Crippen LogP contribution in [0.2, 0.25) is 0 Å². The standard InChI is InChI=1S/C13H22N2O5S/c1-10-3-7-15(11(9-10)13(17)18)12(16)4-6-14-5-2-8-21(14,19)20/h10-11H,2-9H2,1H3,(H,17,18). The predicted octanol–water partition coefficient (Wildman–Crippen LogP) is 0.124. The largest absolute Gasteiger partial charge is 0.480 e. The molecule has 1 N–H and O–H groups in total. The van der Waals surface area contributed by atoms with Crippen LogP contribution in [0.5, 0.6) is 0 Å². The third kappa shape index (κ3) is 3.74. The van der Waals surface area contributed by atoms with Crippen LogP contribution in [0.1, 0.15) is 32.6 Å². The molecule has 2 aliphatic heterocycles. The second-order valence-electron chi connectivity index (χ2n) is 5.89. The van der Waals surface area contributed by atoms with E-state index in [0.717, 1.165) is 6.42 Å². The summed E-state index contributed by atoms with van der Waals surface area (Å²) >= 11 is 0. The Balaban J connectivity index is 1.94. The SMILES string of the molecule is CC1CCN(C(=O)CCN2CCCS2(=O)=O)C(C(=O)O)C1. The lowest BCUT2D eigenvalue weighted by atomic mass is 9.92. The van der Waals surface area contributed by atoms with Crippen LogP contribution in [0.4, 0.5) is 0 Å². The topological polar surface area (TPSA) is 95.0 Å². The maximum atomic E-state index is 12.2. The summed E-state index contributed by atoms with van der Waals surface area (Å²) in [5, 5.41) is 9.24. The van der Waals surface area contributed by atoms with Gasteiger partial charge in [0.05, 0.1) is 5.75 Å². The Kier molecular flexibility index (Phi) is 4.88. The van der Waals surface area contributed by atoms with E-state index in [4.69, 9.17) is 0 Å². The first kappa shape index (κ1) is 16.2. The first-order chi connectivity index (χ1) is 9.81. The minimum Gasteiger partial charge on any atom is -0.480 e. The van der Waals surface area contributed by atoms with E-state index in [-0.39, 0.29) is 30.5 Å². The van der Waals surface area contributed by atoms with Crippen LogP contribution in [0.3, 0.4) is 0 Å². The lowest BCUT2D eigenvalue weighted by molar-refractivity contribution is -0.153. The van der Waals surface area contributed by atoms with Crippen LogP contribution < -0.4 is 0 Å². The Morgan fingerprint density at radius 3 is 2.57 bits per heavy atom. The second-order valence-corrected chi connectivity index (χ2v) is 7.98. The molecular formula is C13H22N2O5S. The number of carbonyl (C=O) groups excluding carboxylic acids is 1. The summed E-state index contributed by atoms with van der Waals surface area (Å²) in [5.74, 6) is -0.825. The van der Waals surface area contributed by atoms with Gasteiger partial charge in [0, 0.05) is 26.1 Å². The fraction of sp³-hybridized carbons (Fsp3) is 0.846. The Labute approximate surface area is 125 Å². The fourth-order valence-electron chi connectivity index (χ4n) is 2.98. The van der Waals surface area contributed by atoms with Gasteiger partial charge in [-0.3, -0.25) is 4.79 Å². The minimum atomic E-state index is -3.21. The Hall–Kier alpha value is -1.15. The zero-order valence-electron chi connectivity index (χ0n) is 12.2. The molecular weight excluding hydrogens is 296 g/mol. The molecule has 2 atom stereocenters. The van der Waals surface area contributed by atoms with E-state index in [1.165, 1.54) is 9.21 Å². The van der Waals surface area contributed by atoms with E-state index in [1.807, 2.05) is 6.92 Å². The summed E-state index contributed by atoms with van der Waals surface area (Å²) in [7, 11) is -3.21. The van der Waals surface area contributed by atoms with Crippen molar-refractivity contribution in [2.45, 2.75) is 38.6 Å². The summed E-state index contributed by atoms with van der Waals surface area (Å²) < 4.78 is 24.7. The molecule has 2 heterocycles. The molecule has 2 rings (SSSR count). The number of piperidine rings is 1. The van der Waals surface area contributed by atoms with Crippen molar-refractivity contribution in [3.05, 3.63) is 0 Å². The van der Waals surface area contributed by atoms with Crippen LogP contribution in [-0.2, 0) is 19.6 Å². The first-order valence-corrected chi connectivity index (χ1v) is 8.92. The number of likely N-dealkylation sites (tertiary alicyclic amines) is 1. The molecule has 21 heavy (non-hydrogen) atoms. The van der Waals surface area contributed by atoms with Crippen LogP contribution >= 0.6 is 0 Å². The highest BCUT2D eigenvalue weighted by molar-refractivity contribution is 7.89. The van der Waals surface area contributed by atoms with Gasteiger partial charge in [-0.25, -0.2) is 17.5 Å². The number of carboxylic acid groups (broad SMARTS) is 1. The van der Waals surface area contributed by atoms with E-state index < -0.39 is 22.0 Å². The quantitative estimate of drug-likeness (QED) is 0.794. The molecule has 0 aromatic carbocycles. The highest BCUT2D eigenvalue weighted by Gasteiger charge is 2.35. The van der Waals surface area contributed by atoms with Crippen LogP contribution in [0.15, 0.2) is 0 Å². The van der Waals surface area contributed by atoms with Gasteiger partial charge in [-0.1, -0.05) is 6.92 Å². The molecule has 0 saturated carbocycles. The van der Waals surface area contributed by atoms with Crippen molar-refractivity contribution < 1.29 is 23.1 Å². The van der Waals surface area contributed by atoms with E-state index >= 15 is 0 Å². The van der Waals surface area contributed by atoms with Gasteiger partial charge in [0.15, 0.2) is 0 Å². The van der Waals surface area contributed by atoms with E-state index in [2.05, 4.69) is 0 Å². The minimum absolute atomic E-state index is 0.0530. The average molecular weight is 318 g/mol. The lowest BCUT2D eigenvalue weighted by Crippen LogP contribution is -2.50. The summed E-state index contributed by atoms with van der Waals surface area (Å²) in [4.78, 5) is 24.9. The summed E-state index contributed by atoms with van der Waals surface area (Å²) in [6.07, 6.45) is 1.90. The van der Waals surface area contributed by atoms with E-state index in [9.17, 15) is 23.1 Å². The molecule has 2 saturated heterocycles. The second kappa shape index (κ2) is 6.31. The molecule has 2 unspecified atom stereocenters. The number of amides is 1. The maximum Gasteiger partial charge on any atom is 0.326 e.